The molecule has 0 saturated carbocycles. The topological polar surface area (TPSA) is 60.2 Å². The quantitative estimate of drug-likeness (QED) is 0.836. The Hall–Kier alpha value is -2.42. The Balaban J connectivity index is 1.82. The van der Waals surface area contributed by atoms with E-state index in [-0.39, 0.29) is 17.8 Å². The largest absolute Gasteiger partial charge is 0.417 e. The number of aromatic nitrogens is 3. The van der Waals surface area contributed by atoms with Crippen LogP contribution in [0, 0.1) is 6.92 Å². The van der Waals surface area contributed by atoms with E-state index in [1.807, 2.05) is 6.92 Å². The highest BCUT2D eigenvalue weighted by molar-refractivity contribution is 5.95. The average Bonchev–Trinajstić information content (AvgIpc) is 3.02. The molecule has 6 nitrogen and oxygen atoms in total. The molecule has 1 saturated heterocycles. The van der Waals surface area contributed by atoms with Crippen molar-refractivity contribution in [3.8, 4) is 5.82 Å². The van der Waals surface area contributed by atoms with Gasteiger partial charge in [0.2, 0.25) is 0 Å². The number of rotatable bonds is 3. The average molecular weight is 368 g/mol. The molecule has 1 fully saturated rings. The minimum atomic E-state index is -4.45. The molecule has 3 rings (SSSR count). The lowest BCUT2D eigenvalue weighted by Crippen LogP contribution is -2.45. The van der Waals surface area contributed by atoms with E-state index in [1.165, 1.54) is 16.9 Å². The smallest absolute Gasteiger partial charge is 0.375 e. The number of morpholine rings is 1. The van der Waals surface area contributed by atoms with Crippen LogP contribution in [0.2, 0.25) is 0 Å². The van der Waals surface area contributed by atoms with Crippen LogP contribution < -0.4 is 0 Å². The number of carbonyl (C=O) groups is 1. The van der Waals surface area contributed by atoms with Gasteiger partial charge in [-0.1, -0.05) is 6.92 Å². The number of nitrogens with zero attached hydrogens (tertiary/aromatic N) is 4. The molecule has 1 aliphatic heterocycles. The van der Waals surface area contributed by atoms with Gasteiger partial charge in [-0.15, -0.1) is 0 Å². The van der Waals surface area contributed by atoms with E-state index in [0.717, 1.165) is 18.7 Å². The minimum Gasteiger partial charge on any atom is -0.375 e. The van der Waals surface area contributed by atoms with Crippen molar-refractivity contribution < 1.29 is 22.7 Å². The highest BCUT2D eigenvalue weighted by atomic mass is 19.4. The molecule has 0 spiro atoms. The third-order valence-electron chi connectivity index (χ3n) is 4.41. The lowest BCUT2D eigenvalue weighted by atomic mass is 10.1. The number of amides is 1. The van der Waals surface area contributed by atoms with E-state index in [2.05, 4.69) is 10.1 Å². The standard InChI is InChI=1S/C17H19F3N4O2/c1-3-13-10-23(6-7-26-13)16(25)14-9-22-24(11(14)2)15-5-4-12(8-21-15)17(18,19)20/h4-5,8-9,13H,3,6-7,10H2,1-2H3. The first-order valence-electron chi connectivity index (χ1n) is 8.30. The zero-order valence-electron chi connectivity index (χ0n) is 14.5. The molecule has 0 aliphatic carbocycles. The fourth-order valence-corrected chi connectivity index (χ4v) is 2.85. The summed E-state index contributed by atoms with van der Waals surface area (Å²) in [5.41, 5.74) is 0.103. The van der Waals surface area contributed by atoms with Gasteiger partial charge < -0.3 is 9.64 Å². The number of ether oxygens (including phenoxy) is 1. The molecule has 1 atom stereocenters. The van der Waals surface area contributed by atoms with E-state index >= 15 is 0 Å². The molecular weight excluding hydrogens is 349 g/mol. The van der Waals surface area contributed by atoms with Crippen LogP contribution in [0.4, 0.5) is 13.2 Å². The van der Waals surface area contributed by atoms with Crippen molar-refractivity contribution in [3.63, 3.8) is 0 Å². The third-order valence-corrected chi connectivity index (χ3v) is 4.41. The van der Waals surface area contributed by atoms with Crippen molar-refractivity contribution in [3.05, 3.63) is 41.3 Å². The Bertz CT molecular complexity index is 786. The van der Waals surface area contributed by atoms with Crippen molar-refractivity contribution in [2.24, 2.45) is 0 Å². The molecule has 0 aromatic carbocycles. The minimum absolute atomic E-state index is 0.0135. The SMILES string of the molecule is CCC1CN(C(=O)c2cnn(-c3ccc(C(F)(F)F)cn3)c2C)CCO1. The fourth-order valence-electron chi connectivity index (χ4n) is 2.85. The summed E-state index contributed by atoms with van der Waals surface area (Å²) in [6.07, 6.45) is -1.44. The molecular formula is C17H19F3N4O2. The summed E-state index contributed by atoms with van der Waals surface area (Å²) < 4.78 is 44.9. The zero-order valence-corrected chi connectivity index (χ0v) is 14.5. The predicted octanol–water partition coefficient (Wildman–Crippen LogP) is 2.85. The maximum Gasteiger partial charge on any atom is 0.417 e. The number of alkyl halides is 3. The number of pyridine rings is 1. The van der Waals surface area contributed by atoms with Crippen molar-refractivity contribution >= 4 is 5.91 Å². The molecule has 1 amide bonds. The maximum absolute atomic E-state index is 12.8. The van der Waals surface area contributed by atoms with E-state index in [9.17, 15) is 18.0 Å². The summed E-state index contributed by atoms with van der Waals surface area (Å²) in [5.74, 6) is 0.0605. The zero-order chi connectivity index (χ0) is 18.9. The van der Waals surface area contributed by atoms with Gasteiger partial charge in [-0.2, -0.15) is 18.3 Å². The Morgan fingerprint density at radius 2 is 2.12 bits per heavy atom. The second-order valence-corrected chi connectivity index (χ2v) is 6.11. The van der Waals surface area contributed by atoms with Crippen LogP contribution in [0.25, 0.3) is 5.82 Å². The van der Waals surface area contributed by atoms with Crippen LogP contribution in [-0.4, -0.2) is 51.4 Å². The Morgan fingerprint density at radius 1 is 1.35 bits per heavy atom. The van der Waals surface area contributed by atoms with E-state index in [4.69, 9.17) is 4.74 Å². The highest BCUT2D eigenvalue weighted by Crippen LogP contribution is 2.29. The summed E-state index contributed by atoms with van der Waals surface area (Å²) in [6, 6.07) is 2.18. The first-order valence-corrected chi connectivity index (χ1v) is 8.30. The first kappa shape index (κ1) is 18.4. The van der Waals surface area contributed by atoms with Crippen LogP contribution >= 0.6 is 0 Å². The number of hydrogen-bond acceptors (Lipinski definition) is 4. The molecule has 2 aromatic heterocycles. The molecule has 1 aliphatic rings. The van der Waals surface area contributed by atoms with Gasteiger partial charge in [-0.25, -0.2) is 9.67 Å². The Labute approximate surface area is 148 Å². The Morgan fingerprint density at radius 3 is 2.73 bits per heavy atom. The van der Waals surface area contributed by atoms with Crippen LogP contribution in [-0.2, 0) is 10.9 Å². The van der Waals surface area contributed by atoms with Crippen LogP contribution in [0.1, 0.15) is 35.0 Å². The predicted molar refractivity (Wildman–Crippen MR) is 87.0 cm³/mol. The van der Waals surface area contributed by atoms with Gasteiger partial charge in [-0.3, -0.25) is 4.79 Å². The van der Waals surface area contributed by atoms with Crippen molar-refractivity contribution in [1.29, 1.82) is 0 Å². The number of carbonyl (C=O) groups excluding carboxylic acids is 1. The van der Waals surface area contributed by atoms with E-state index in [1.54, 1.807) is 11.8 Å². The molecule has 0 N–H and O–H groups in total. The molecule has 26 heavy (non-hydrogen) atoms. The summed E-state index contributed by atoms with van der Waals surface area (Å²) in [4.78, 5) is 18.3. The summed E-state index contributed by atoms with van der Waals surface area (Å²) >= 11 is 0. The van der Waals surface area contributed by atoms with Gasteiger partial charge in [0.05, 0.1) is 35.7 Å². The maximum atomic E-state index is 12.8. The monoisotopic (exact) mass is 368 g/mol. The van der Waals surface area contributed by atoms with E-state index in [0.29, 0.717) is 31.0 Å². The molecule has 0 bridgehead atoms. The van der Waals surface area contributed by atoms with Crippen LogP contribution in [0.3, 0.4) is 0 Å². The van der Waals surface area contributed by atoms with Gasteiger partial charge in [-0.05, 0) is 25.5 Å². The normalized spacial score (nSPS) is 18.2. The van der Waals surface area contributed by atoms with Crippen molar-refractivity contribution in [2.45, 2.75) is 32.5 Å². The van der Waals surface area contributed by atoms with Gasteiger partial charge in [0, 0.05) is 19.3 Å². The molecule has 140 valence electrons. The first-order chi connectivity index (χ1) is 12.3. The number of hydrogen-bond donors (Lipinski definition) is 0. The molecule has 2 aromatic rings. The second-order valence-electron chi connectivity index (χ2n) is 6.11. The van der Waals surface area contributed by atoms with Crippen LogP contribution in [0.5, 0.6) is 0 Å². The van der Waals surface area contributed by atoms with Gasteiger partial charge >= 0.3 is 6.18 Å². The highest BCUT2D eigenvalue weighted by Gasteiger charge is 2.31. The van der Waals surface area contributed by atoms with Crippen molar-refractivity contribution in [2.75, 3.05) is 19.7 Å². The second kappa shape index (κ2) is 7.06. The van der Waals surface area contributed by atoms with Crippen molar-refractivity contribution in [1.82, 2.24) is 19.7 Å². The lowest BCUT2D eigenvalue weighted by molar-refractivity contribution is -0.137. The van der Waals surface area contributed by atoms with Gasteiger partial charge in [0.25, 0.3) is 5.91 Å². The van der Waals surface area contributed by atoms with Crippen LogP contribution in [0.15, 0.2) is 24.5 Å². The fraction of sp³-hybridized carbons (Fsp3) is 0.471. The van der Waals surface area contributed by atoms with Gasteiger partial charge in [0.15, 0.2) is 5.82 Å². The molecule has 9 heteroatoms. The summed E-state index contributed by atoms with van der Waals surface area (Å²) in [7, 11) is 0. The van der Waals surface area contributed by atoms with Gasteiger partial charge in [0.1, 0.15) is 0 Å². The molecule has 1 unspecified atom stereocenters. The number of halogens is 3. The summed E-state index contributed by atoms with van der Waals surface area (Å²) in [6.45, 7) is 5.18. The Kier molecular flexibility index (Phi) is 4.99. The summed E-state index contributed by atoms with van der Waals surface area (Å²) in [5, 5.41) is 4.13. The van der Waals surface area contributed by atoms with E-state index < -0.39 is 11.7 Å². The third kappa shape index (κ3) is 3.57. The molecule has 0 radical (unpaired) electrons. The molecule has 3 heterocycles. The lowest BCUT2D eigenvalue weighted by Gasteiger charge is -2.32.